The number of nitrogens with zero attached hydrogens (tertiary/aromatic N) is 1. The van der Waals surface area contributed by atoms with Crippen LogP contribution in [-0.2, 0) is 0 Å². The first-order valence-corrected chi connectivity index (χ1v) is 7.87. The van der Waals surface area contributed by atoms with Crippen molar-refractivity contribution >= 4 is 11.7 Å². The maximum atomic E-state index is 14.2. The number of amides is 1. The van der Waals surface area contributed by atoms with Crippen molar-refractivity contribution in [2.45, 2.75) is 32.6 Å². The van der Waals surface area contributed by atoms with Gasteiger partial charge < -0.3 is 10.6 Å². The van der Waals surface area contributed by atoms with Gasteiger partial charge in [-0.2, -0.15) is 0 Å². The van der Waals surface area contributed by atoms with E-state index in [-0.39, 0.29) is 17.3 Å². The fourth-order valence-electron chi connectivity index (χ4n) is 2.98. The largest absolute Gasteiger partial charge is 0.368 e. The Kier molecular flexibility index (Phi) is 4.08. The number of hydrogen-bond donors (Lipinski definition) is 2. The molecule has 0 aromatic carbocycles. The van der Waals surface area contributed by atoms with E-state index in [1.54, 1.807) is 0 Å². The second kappa shape index (κ2) is 6.00. The van der Waals surface area contributed by atoms with Gasteiger partial charge in [0.2, 0.25) is 0 Å². The molecule has 3 rings (SSSR count). The number of nitrogens with one attached hydrogen (secondary N) is 2. The van der Waals surface area contributed by atoms with Crippen LogP contribution in [0.3, 0.4) is 0 Å². The van der Waals surface area contributed by atoms with Gasteiger partial charge in [0.05, 0.1) is 5.56 Å². The number of anilines is 1. The molecule has 5 heteroatoms. The van der Waals surface area contributed by atoms with Gasteiger partial charge in [0, 0.05) is 19.3 Å². The van der Waals surface area contributed by atoms with Gasteiger partial charge in [-0.1, -0.05) is 0 Å². The fraction of sp³-hybridized carbons (Fsp3) is 0.625. The average Bonchev–Trinajstić information content (AvgIpc) is 3.35. The highest BCUT2D eigenvalue weighted by molar-refractivity contribution is 5.95. The average molecular weight is 291 g/mol. The molecule has 0 bridgehead atoms. The quantitative estimate of drug-likeness (QED) is 0.812. The lowest BCUT2D eigenvalue weighted by Crippen LogP contribution is -2.31. The highest BCUT2D eigenvalue weighted by Crippen LogP contribution is 2.48. The number of halogens is 1. The van der Waals surface area contributed by atoms with Crippen molar-refractivity contribution in [1.82, 2.24) is 10.3 Å². The Hall–Kier alpha value is -1.65. The number of carbonyl (C=O) groups is 1. The Bertz CT molecular complexity index is 514. The third-order valence-electron chi connectivity index (χ3n) is 4.43. The minimum atomic E-state index is -0.564. The molecule has 1 aromatic heterocycles. The Morgan fingerprint density at radius 3 is 2.62 bits per heavy atom. The molecule has 2 aliphatic carbocycles. The molecule has 21 heavy (non-hydrogen) atoms. The summed E-state index contributed by atoms with van der Waals surface area (Å²) in [4.78, 5) is 16.1. The summed E-state index contributed by atoms with van der Waals surface area (Å²) in [6, 6.07) is 1.44. The van der Waals surface area contributed by atoms with Crippen molar-refractivity contribution in [3.05, 3.63) is 23.6 Å². The maximum Gasteiger partial charge on any atom is 0.254 e. The van der Waals surface area contributed by atoms with Crippen LogP contribution in [0.25, 0.3) is 0 Å². The molecular formula is C16H22FN3O. The van der Waals surface area contributed by atoms with Crippen LogP contribution in [-0.4, -0.2) is 24.0 Å². The van der Waals surface area contributed by atoms with Gasteiger partial charge in [-0.25, -0.2) is 9.37 Å². The van der Waals surface area contributed by atoms with Crippen LogP contribution in [0.2, 0.25) is 0 Å². The molecule has 2 N–H and O–H groups in total. The van der Waals surface area contributed by atoms with E-state index in [1.165, 1.54) is 37.9 Å². The molecular weight excluding hydrogens is 269 g/mol. The second-order valence-electron chi connectivity index (χ2n) is 6.10. The summed E-state index contributed by atoms with van der Waals surface area (Å²) in [7, 11) is 0. The van der Waals surface area contributed by atoms with Crippen LogP contribution in [0.1, 0.15) is 43.0 Å². The first-order chi connectivity index (χ1) is 10.2. The zero-order valence-electron chi connectivity index (χ0n) is 12.4. The third kappa shape index (κ3) is 3.34. The molecule has 1 heterocycles. The van der Waals surface area contributed by atoms with E-state index >= 15 is 0 Å². The molecule has 0 aliphatic heterocycles. The molecule has 2 fully saturated rings. The normalized spacial score (nSPS) is 17.9. The van der Waals surface area contributed by atoms with Crippen LogP contribution >= 0.6 is 0 Å². The van der Waals surface area contributed by atoms with Crippen LogP contribution < -0.4 is 10.6 Å². The minimum Gasteiger partial charge on any atom is -0.368 e. The summed E-state index contributed by atoms with van der Waals surface area (Å²) in [6.07, 6.45) is 6.60. The Labute approximate surface area is 124 Å². The van der Waals surface area contributed by atoms with Crippen molar-refractivity contribution in [1.29, 1.82) is 0 Å². The van der Waals surface area contributed by atoms with Gasteiger partial charge in [0.1, 0.15) is 0 Å². The lowest BCUT2D eigenvalue weighted by atomic mass is 9.98. The number of pyridine rings is 1. The molecule has 0 spiro atoms. The number of rotatable bonds is 7. The summed E-state index contributed by atoms with van der Waals surface area (Å²) >= 11 is 0. The smallest absolute Gasteiger partial charge is 0.254 e. The summed E-state index contributed by atoms with van der Waals surface area (Å²) in [6.45, 7) is 3.11. The summed E-state index contributed by atoms with van der Waals surface area (Å²) in [5.74, 6) is 1.39. The lowest BCUT2D eigenvalue weighted by molar-refractivity contribution is 0.0939. The molecule has 1 aromatic rings. The van der Waals surface area contributed by atoms with E-state index in [0.29, 0.717) is 19.0 Å². The Morgan fingerprint density at radius 2 is 2.05 bits per heavy atom. The van der Waals surface area contributed by atoms with Gasteiger partial charge in [-0.05, 0) is 56.4 Å². The van der Waals surface area contributed by atoms with Gasteiger partial charge in [-0.15, -0.1) is 0 Å². The van der Waals surface area contributed by atoms with Crippen molar-refractivity contribution in [2.24, 2.45) is 17.8 Å². The monoisotopic (exact) mass is 291 g/mol. The Balaban J connectivity index is 1.63. The summed E-state index contributed by atoms with van der Waals surface area (Å²) < 4.78 is 14.2. The molecule has 0 atom stereocenters. The fourth-order valence-corrected chi connectivity index (χ4v) is 2.98. The van der Waals surface area contributed by atoms with Gasteiger partial charge in [0.25, 0.3) is 5.91 Å². The predicted octanol–water partition coefficient (Wildman–Crippen LogP) is 2.82. The van der Waals surface area contributed by atoms with Crippen molar-refractivity contribution in [3.8, 4) is 0 Å². The van der Waals surface area contributed by atoms with Crippen LogP contribution in [0.15, 0.2) is 12.3 Å². The van der Waals surface area contributed by atoms with E-state index in [2.05, 4.69) is 15.6 Å². The Morgan fingerprint density at radius 1 is 1.38 bits per heavy atom. The second-order valence-corrected chi connectivity index (χ2v) is 6.10. The maximum absolute atomic E-state index is 14.2. The van der Waals surface area contributed by atoms with Crippen molar-refractivity contribution in [2.75, 3.05) is 18.4 Å². The predicted molar refractivity (Wildman–Crippen MR) is 79.6 cm³/mol. The zero-order chi connectivity index (χ0) is 14.8. The van der Waals surface area contributed by atoms with E-state index in [9.17, 15) is 9.18 Å². The standard InChI is InChI=1S/C16H22FN3O/c1-2-18-15-14(17)12(7-8-19-15)16(21)20-9-13(10-3-4-10)11-5-6-11/h7-8,10-11,13H,2-6,9H2,1H3,(H,18,19)(H,20,21). The topological polar surface area (TPSA) is 54.0 Å². The van der Waals surface area contributed by atoms with Crippen LogP contribution in [0.4, 0.5) is 10.2 Å². The van der Waals surface area contributed by atoms with E-state index in [0.717, 1.165) is 11.8 Å². The SMILES string of the molecule is CCNc1nccc(C(=O)NCC(C2CC2)C2CC2)c1F. The molecule has 4 nitrogen and oxygen atoms in total. The summed E-state index contributed by atoms with van der Waals surface area (Å²) in [5.41, 5.74) is 0.0753. The van der Waals surface area contributed by atoms with Crippen molar-refractivity contribution < 1.29 is 9.18 Å². The highest BCUT2D eigenvalue weighted by Gasteiger charge is 2.41. The van der Waals surface area contributed by atoms with Gasteiger partial charge in [0.15, 0.2) is 11.6 Å². The first-order valence-electron chi connectivity index (χ1n) is 7.87. The minimum absolute atomic E-state index is 0.0753. The molecule has 1 amide bonds. The molecule has 2 saturated carbocycles. The van der Waals surface area contributed by atoms with Crippen LogP contribution in [0, 0.1) is 23.6 Å². The molecule has 0 radical (unpaired) electrons. The van der Waals surface area contributed by atoms with Crippen LogP contribution in [0.5, 0.6) is 0 Å². The number of carbonyl (C=O) groups excluding carboxylic acids is 1. The first kappa shape index (κ1) is 14.3. The number of aromatic nitrogens is 1. The van der Waals surface area contributed by atoms with Gasteiger partial charge >= 0.3 is 0 Å². The number of hydrogen-bond acceptors (Lipinski definition) is 3. The third-order valence-corrected chi connectivity index (χ3v) is 4.43. The van der Waals surface area contributed by atoms with E-state index < -0.39 is 5.82 Å². The van der Waals surface area contributed by atoms with Crippen molar-refractivity contribution in [3.63, 3.8) is 0 Å². The molecule has 114 valence electrons. The highest BCUT2D eigenvalue weighted by atomic mass is 19.1. The van der Waals surface area contributed by atoms with E-state index in [1.807, 2.05) is 6.92 Å². The summed E-state index contributed by atoms with van der Waals surface area (Å²) in [5, 5.41) is 5.74. The molecule has 0 saturated heterocycles. The van der Waals surface area contributed by atoms with E-state index in [4.69, 9.17) is 0 Å². The van der Waals surface area contributed by atoms with Gasteiger partial charge in [-0.3, -0.25) is 4.79 Å². The zero-order valence-corrected chi connectivity index (χ0v) is 12.4. The molecule has 2 aliphatic rings. The molecule has 0 unspecified atom stereocenters. The lowest BCUT2D eigenvalue weighted by Gasteiger charge is -2.16.